The molecule has 0 saturated carbocycles. The van der Waals surface area contributed by atoms with E-state index in [9.17, 15) is 9.59 Å². The van der Waals surface area contributed by atoms with Crippen LogP contribution in [0.2, 0.25) is 0 Å². The van der Waals surface area contributed by atoms with Crippen LogP contribution in [-0.2, 0) is 6.54 Å². The maximum atomic E-state index is 12.3. The minimum absolute atomic E-state index is 0.190. The number of fused-ring (bicyclic) bond motifs is 2. The van der Waals surface area contributed by atoms with Gasteiger partial charge in [0.15, 0.2) is 5.69 Å². The fourth-order valence-corrected chi connectivity index (χ4v) is 2.57. The minimum atomic E-state index is -0.354. The molecule has 1 amide bonds. The Balaban J connectivity index is 1.55. The molecular formula is C16H14N6O2. The van der Waals surface area contributed by atoms with Crippen molar-refractivity contribution in [2.24, 2.45) is 0 Å². The molecule has 2 N–H and O–H groups in total. The minimum Gasteiger partial charge on any atom is -0.345 e. The summed E-state index contributed by atoms with van der Waals surface area (Å²) in [5.74, 6) is -0.354. The topological polar surface area (TPSA) is 96.6 Å². The summed E-state index contributed by atoms with van der Waals surface area (Å²) in [7, 11) is 0. The van der Waals surface area contributed by atoms with Gasteiger partial charge in [-0.25, -0.2) is 9.50 Å². The number of nitrogens with one attached hydrogen (secondary N) is 2. The van der Waals surface area contributed by atoms with Gasteiger partial charge in [-0.2, -0.15) is 5.10 Å². The third-order valence-corrected chi connectivity index (χ3v) is 3.67. The molecule has 0 aliphatic heterocycles. The molecule has 4 heterocycles. The van der Waals surface area contributed by atoms with Crippen molar-refractivity contribution in [2.75, 3.05) is 0 Å². The van der Waals surface area contributed by atoms with Crippen molar-refractivity contribution in [1.29, 1.82) is 0 Å². The van der Waals surface area contributed by atoms with E-state index in [0.29, 0.717) is 11.2 Å². The Morgan fingerprint density at radius 2 is 2.21 bits per heavy atom. The number of carbonyl (C=O) groups is 1. The Labute approximate surface area is 135 Å². The first-order chi connectivity index (χ1) is 11.6. The van der Waals surface area contributed by atoms with Crippen molar-refractivity contribution in [1.82, 2.24) is 29.3 Å². The molecule has 0 aromatic carbocycles. The highest BCUT2D eigenvalue weighted by molar-refractivity contribution is 5.93. The van der Waals surface area contributed by atoms with Crippen molar-refractivity contribution in [3.05, 3.63) is 70.3 Å². The van der Waals surface area contributed by atoms with Crippen molar-refractivity contribution in [2.45, 2.75) is 13.5 Å². The molecule has 8 nitrogen and oxygen atoms in total. The number of hydrogen-bond acceptors (Lipinski definition) is 4. The molecule has 8 heteroatoms. The number of H-pyrrole nitrogens is 1. The smallest absolute Gasteiger partial charge is 0.274 e. The van der Waals surface area contributed by atoms with Gasteiger partial charge in [0, 0.05) is 30.4 Å². The van der Waals surface area contributed by atoms with Crippen LogP contribution in [-0.4, -0.2) is 29.9 Å². The number of amides is 1. The third kappa shape index (κ3) is 2.43. The van der Waals surface area contributed by atoms with Crippen molar-refractivity contribution in [3.63, 3.8) is 0 Å². The lowest BCUT2D eigenvalue weighted by Gasteiger charge is -1.99. The lowest BCUT2D eigenvalue weighted by atomic mass is 10.3. The van der Waals surface area contributed by atoms with Crippen LogP contribution in [0, 0.1) is 6.92 Å². The van der Waals surface area contributed by atoms with Crippen LogP contribution in [0.4, 0.5) is 0 Å². The van der Waals surface area contributed by atoms with Gasteiger partial charge in [-0.3, -0.25) is 9.59 Å². The number of aryl methyl sites for hydroxylation is 1. The Bertz CT molecular complexity index is 1090. The van der Waals surface area contributed by atoms with Crippen LogP contribution in [0.3, 0.4) is 0 Å². The molecule has 0 spiro atoms. The summed E-state index contributed by atoms with van der Waals surface area (Å²) in [6.45, 7) is 2.04. The molecule has 0 radical (unpaired) electrons. The van der Waals surface area contributed by atoms with E-state index in [1.54, 1.807) is 13.1 Å². The Morgan fingerprint density at radius 3 is 3.04 bits per heavy atom. The standard InChI is InChI=1S/C16H14N6O2/c1-10-8-22-13(16(24)18-10)6-12(20-22)15(23)17-7-11-9-21-5-3-2-4-14(21)19-11/h2-6,8-9H,7H2,1H3,(H,17,23)(H,18,24). The van der Waals surface area contributed by atoms with E-state index < -0.39 is 0 Å². The van der Waals surface area contributed by atoms with Gasteiger partial charge in [-0.1, -0.05) is 6.07 Å². The molecule has 0 fully saturated rings. The van der Waals surface area contributed by atoms with E-state index >= 15 is 0 Å². The van der Waals surface area contributed by atoms with Crippen LogP contribution < -0.4 is 10.9 Å². The van der Waals surface area contributed by atoms with Gasteiger partial charge >= 0.3 is 0 Å². The number of pyridine rings is 1. The van der Waals surface area contributed by atoms with Gasteiger partial charge in [0.25, 0.3) is 11.5 Å². The molecule has 0 atom stereocenters. The highest BCUT2D eigenvalue weighted by Gasteiger charge is 2.13. The molecule has 24 heavy (non-hydrogen) atoms. The average Bonchev–Trinajstić information content (AvgIpc) is 3.15. The van der Waals surface area contributed by atoms with Gasteiger partial charge in [0.05, 0.1) is 12.2 Å². The van der Waals surface area contributed by atoms with Crippen molar-refractivity contribution in [3.8, 4) is 0 Å². The first-order valence-electron chi connectivity index (χ1n) is 7.40. The highest BCUT2D eigenvalue weighted by atomic mass is 16.2. The molecule has 4 aromatic heterocycles. The quantitative estimate of drug-likeness (QED) is 0.586. The van der Waals surface area contributed by atoms with Gasteiger partial charge in [-0.15, -0.1) is 0 Å². The van der Waals surface area contributed by atoms with Gasteiger partial charge < -0.3 is 14.7 Å². The molecule has 120 valence electrons. The first kappa shape index (κ1) is 14.2. The first-order valence-corrected chi connectivity index (χ1v) is 7.40. The molecule has 4 aromatic rings. The normalized spacial score (nSPS) is 11.2. The molecular weight excluding hydrogens is 308 g/mol. The summed E-state index contributed by atoms with van der Waals surface area (Å²) in [5.41, 5.74) is 2.48. The van der Waals surface area contributed by atoms with Crippen LogP contribution in [0.1, 0.15) is 21.9 Å². The maximum Gasteiger partial charge on any atom is 0.274 e. The van der Waals surface area contributed by atoms with Crippen LogP contribution in [0.25, 0.3) is 11.2 Å². The third-order valence-electron chi connectivity index (χ3n) is 3.67. The van der Waals surface area contributed by atoms with Gasteiger partial charge in [0.2, 0.25) is 0 Å². The Morgan fingerprint density at radius 1 is 1.33 bits per heavy atom. The van der Waals surface area contributed by atoms with E-state index in [4.69, 9.17) is 0 Å². The lowest BCUT2D eigenvalue weighted by molar-refractivity contribution is 0.0945. The largest absolute Gasteiger partial charge is 0.345 e. The number of carbonyl (C=O) groups excluding carboxylic acids is 1. The second-order valence-electron chi connectivity index (χ2n) is 5.51. The number of aromatic amines is 1. The summed E-state index contributed by atoms with van der Waals surface area (Å²) in [4.78, 5) is 31.2. The van der Waals surface area contributed by atoms with Gasteiger partial charge in [0.1, 0.15) is 11.2 Å². The van der Waals surface area contributed by atoms with E-state index in [2.05, 4.69) is 20.4 Å². The van der Waals surface area contributed by atoms with Crippen LogP contribution in [0.15, 0.2) is 47.7 Å². The van der Waals surface area contributed by atoms with E-state index in [1.165, 1.54) is 10.6 Å². The molecule has 4 rings (SSSR count). The van der Waals surface area contributed by atoms with E-state index in [1.807, 2.05) is 35.0 Å². The van der Waals surface area contributed by atoms with Gasteiger partial charge in [-0.05, 0) is 19.1 Å². The predicted octanol–water partition coefficient (Wildman–Crippen LogP) is 0.909. The van der Waals surface area contributed by atoms with E-state index in [0.717, 1.165) is 11.3 Å². The molecule has 0 aliphatic carbocycles. The number of rotatable bonds is 3. The Hall–Kier alpha value is -3.42. The monoisotopic (exact) mass is 322 g/mol. The fraction of sp³-hybridized carbons (Fsp3) is 0.125. The summed E-state index contributed by atoms with van der Waals surface area (Å²) in [6.07, 6.45) is 5.41. The fourth-order valence-electron chi connectivity index (χ4n) is 2.57. The molecule has 0 saturated heterocycles. The summed E-state index contributed by atoms with van der Waals surface area (Å²) in [5, 5.41) is 6.92. The molecule has 0 aliphatic rings. The Kier molecular flexibility index (Phi) is 3.16. The maximum absolute atomic E-state index is 12.3. The summed E-state index contributed by atoms with van der Waals surface area (Å²) < 4.78 is 3.29. The molecule has 0 bridgehead atoms. The van der Waals surface area contributed by atoms with Crippen LogP contribution in [0.5, 0.6) is 0 Å². The van der Waals surface area contributed by atoms with Crippen molar-refractivity contribution >= 4 is 17.1 Å². The zero-order valence-electron chi connectivity index (χ0n) is 12.9. The lowest BCUT2D eigenvalue weighted by Crippen LogP contribution is -2.23. The SMILES string of the molecule is Cc1cn2nc(C(=O)NCc3cn4ccccc4n3)cc2c(=O)[nH]1. The summed E-state index contributed by atoms with van der Waals surface area (Å²) in [6, 6.07) is 7.17. The summed E-state index contributed by atoms with van der Waals surface area (Å²) >= 11 is 0. The van der Waals surface area contributed by atoms with Crippen molar-refractivity contribution < 1.29 is 4.79 Å². The second-order valence-corrected chi connectivity index (χ2v) is 5.51. The zero-order valence-corrected chi connectivity index (χ0v) is 12.9. The second kappa shape index (κ2) is 5.34. The number of aromatic nitrogens is 5. The molecule has 0 unspecified atom stereocenters. The number of hydrogen-bond donors (Lipinski definition) is 2. The predicted molar refractivity (Wildman–Crippen MR) is 86.9 cm³/mol. The van der Waals surface area contributed by atoms with E-state index in [-0.39, 0.29) is 23.7 Å². The zero-order chi connectivity index (χ0) is 16.7. The van der Waals surface area contributed by atoms with Crippen LogP contribution >= 0.6 is 0 Å². The number of imidazole rings is 1. The average molecular weight is 322 g/mol. The number of nitrogens with zero attached hydrogens (tertiary/aromatic N) is 4. The highest BCUT2D eigenvalue weighted by Crippen LogP contribution is 2.06.